The highest BCUT2D eigenvalue weighted by atomic mass is 32.2. The Morgan fingerprint density at radius 2 is 1.63 bits per heavy atom. The van der Waals surface area contributed by atoms with Crippen molar-refractivity contribution in [2.75, 3.05) is 6.61 Å². The molecular formula is C16H28O2S. The summed E-state index contributed by atoms with van der Waals surface area (Å²) in [5.74, 6) is -0.257. The predicted octanol–water partition coefficient (Wildman–Crippen LogP) is 4.73. The van der Waals surface area contributed by atoms with Crippen molar-refractivity contribution < 1.29 is 9.53 Å². The summed E-state index contributed by atoms with van der Waals surface area (Å²) >= 11 is 2.13. The first-order valence-electron chi connectivity index (χ1n) is 7.59. The zero-order chi connectivity index (χ0) is 14.1. The molecule has 0 saturated carbocycles. The Labute approximate surface area is 122 Å². The van der Waals surface area contributed by atoms with E-state index in [0.29, 0.717) is 12.2 Å². The third-order valence-corrected chi connectivity index (χ3v) is 4.99. The molecule has 1 rings (SSSR count). The van der Waals surface area contributed by atoms with Crippen molar-refractivity contribution in [1.29, 1.82) is 0 Å². The molecule has 0 aromatic carbocycles. The Morgan fingerprint density at radius 1 is 1.11 bits per heavy atom. The lowest BCUT2D eigenvalue weighted by atomic mass is 10.1. The molecule has 0 bridgehead atoms. The quantitative estimate of drug-likeness (QED) is 0.237. The summed E-state index contributed by atoms with van der Waals surface area (Å²) < 4.78 is 5.05. The molecule has 0 amide bonds. The van der Waals surface area contributed by atoms with Crippen LogP contribution in [0, 0.1) is 0 Å². The summed E-state index contributed by atoms with van der Waals surface area (Å²) in [7, 11) is 0. The molecule has 0 radical (unpaired) electrons. The lowest BCUT2D eigenvalue weighted by Crippen LogP contribution is -2.05. The van der Waals surface area contributed by atoms with Crippen LogP contribution in [0.5, 0.6) is 0 Å². The van der Waals surface area contributed by atoms with E-state index in [0.717, 1.165) is 16.9 Å². The van der Waals surface area contributed by atoms with Crippen LogP contribution in [0.2, 0.25) is 0 Å². The fraction of sp³-hybridized carbons (Fsp3) is 0.812. The van der Waals surface area contributed by atoms with E-state index in [2.05, 4.69) is 25.3 Å². The molecule has 2 unspecified atom stereocenters. The van der Waals surface area contributed by atoms with Crippen molar-refractivity contribution in [3.63, 3.8) is 0 Å². The van der Waals surface area contributed by atoms with Crippen LogP contribution in [0.3, 0.4) is 0 Å². The van der Waals surface area contributed by atoms with Gasteiger partial charge in [0.2, 0.25) is 0 Å². The summed E-state index contributed by atoms with van der Waals surface area (Å²) in [6.45, 7) is 8.11. The molecular weight excluding hydrogens is 256 g/mol. The van der Waals surface area contributed by atoms with Crippen LogP contribution in [0.1, 0.15) is 65.2 Å². The third kappa shape index (κ3) is 8.35. The van der Waals surface area contributed by atoms with Gasteiger partial charge in [0.1, 0.15) is 0 Å². The van der Waals surface area contributed by atoms with Crippen molar-refractivity contribution in [3.8, 4) is 0 Å². The van der Waals surface area contributed by atoms with Gasteiger partial charge in [-0.3, -0.25) is 0 Å². The van der Waals surface area contributed by atoms with Gasteiger partial charge in [-0.25, -0.2) is 4.79 Å². The van der Waals surface area contributed by atoms with Crippen molar-refractivity contribution in [1.82, 2.24) is 0 Å². The molecule has 1 saturated heterocycles. The molecule has 1 aliphatic rings. The van der Waals surface area contributed by atoms with Crippen LogP contribution in [0.25, 0.3) is 0 Å². The summed E-state index contributed by atoms with van der Waals surface area (Å²) in [5, 5.41) is 1.91. The van der Waals surface area contributed by atoms with Gasteiger partial charge in [-0.05, 0) is 19.8 Å². The number of hydrogen-bond acceptors (Lipinski definition) is 3. The maximum absolute atomic E-state index is 11.1. The highest BCUT2D eigenvalue weighted by molar-refractivity contribution is 8.07. The first-order valence-corrected chi connectivity index (χ1v) is 8.53. The zero-order valence-electron chi connectivity index (χ0n) is 12.5. The normalized spacial score (nSPS) is 21.2. The van der Waals surface area contributed by atoms with Crippen LogP contribution in [0.4, 0.5) is 0 Å². The maximum atomic E-state index is 11.1. The van der Waals surface area contributed by atoms with E-state index in [1.807, 2.05) is 0 Å². The average molecular weight is 284 g/mol. The lowest BCUT2D eigenvalue weighted by molar-refractivity contribution is -0.139. The van der Waals surface area contributed by atoms with E-state index in [-0.39, 0.29) is 5.97 Å². The second kappa shape index (κ2) is 9.46. The monoisotopic (exact) mass is 284 g/mol. The van der Waals surface area contributed by atoms with Gasteiger partial charge >= 0.3 is 5.97 Å². The van der Waals surface area contributed by atoms with Gasteiger partial charge in [0.05, 0.1) is 6.61 Å². The summed E-state index contributed by atoms with van der Waals surface area (Å²) in [5.41, 5.74) is 0.489. The minimum atomic E-state index is -0.257. The molecule has 0 aromatic heterocycles. The number of carbonyl (C=O) groups is 1. The van der Waals surface area contributed by atoms with E-state index in [9.17, 15) is 4.79 Å². The van der Waals surface area contributed by atoms with Gasteiger partial charge in [-0.15, -0.1) is 0 Å². The van der Waals surface area contributed by atoms with Crippen LogP contribution >= 0.6 is 11.8 Å². The minimum absolute atomic E-state index is 0.257. The molecule has 2 nitrogen and oxygen atoms in total. The number of esters is 1. The van der Waals surface area contributed by atoms with Crippen molar-refractivity contribution in [3.05, 3.63) is 12.2 Å². The molecule has 19 heavy (non-hydrogen) atoms. The van der Waals surface area contributed by atoms with Crippen LogP contribution in [-0.4, -0.2) is 23.1 Å². The summed E-state index contributed by atoms with van der Waals surface area (Å²) in [6.07, 6.45) is 10.3. The Morgan fingerprint density at radius 3 is 2.16 bits per heavy atom. The molecule has 1 aliphatic heterocycles. The molecule has 1 fully saturated rings. The van der Waals surface area contributed by atoms with E-state index < -0.39 is 0 Å². The molecule has 0 aromatic rings. The Kier molecular flexibility index (Phi) is 8.27. The van der Waals surface area contributed by atoms with Crippen molar-refractivity contribution in [2.45, 2.75) is 75.7 Å². The zero-order valence-corrected chi connectivity index (χ0v) is 13.3. The van der Waals surface area contributed by atoms with Gasteiger partial charge in [0.25, 0.3) is 0 Å². The number of thioether (sulfide) groups is 1. The van der Waals surface area contributed by atoms with Crippen molar-refractivity contribution in [2.24, 2.45) is 0 Å². The van der Waals surface area contributed by atoms with Gasteiger partial charge in [-0.1, -0.05) is 52.0 Å². The first kappa shape index (κ1) is 16.6. The Bertz CT molecular complexity index is 288. The van der Waals surface area contributed by atoms with Crippen LogP contribution in [-0.2, 0) is 9.53 Å². The number of rotatable bonds is 11. The molecule has 2 atom stereocenters. The number of unbranched alkanes of at least 4 members (excludes halogenated alkanes) is 6. The lowest BCUT2D eigenvalue weighted by Gasteiger charge is -2.04. The van der Waals surface area contributed by atoms with E-state index in [1.54, 1.807) is 6.92 Å². The topological polar surface area (TPSA) is 26.3 Å². The number of carbonyl (C=O) groups excluding carboxylic acids is 1. The average Bonchev–Trinajstić information content (AvgIpc) is 3.07. The smallest absolute Gasteiger partial charge is 0.333 e. The first-order chi connectivity index (χ1) is 9.11. The largest absolute Gasteiger partial charge is 0.462 e. The standard InChI is InChI=1S/C16H28O2S/c1-13(2)16(17)18-12-10-8-6-4-5-7-9-11-15-14(3)19-15/h14-15H,1,4-12H2,2-3H3. The molecule has 1 heterocycles. The highest BCUT2D eigenvalue weighted by Crippen LogP contribution is 2.43. The van der Waals surface area contributed by atoms with E-state index >= 15 is 0 Å². The second-order valence-electron chi connectivity index (χ2n) is 5.56. The molecule has 0 spiro atoms. The van der Waals surface area contributed by atoms with Gasteiger partial charge in [0.15, 0.2) is 0 Å². The van der Waals surface area contributed by atoms with E-state index in [1.165, 1.54) is 44.9 Å². The minimum Gasteiger partial charge on any atom is -0.462 e. The number of ether oxygens (including phenoxy) is 1. The summed E-state index contributed by atoms with van der Waals surface area (Å²) in [4.78, 5) is 11.1. The van der Waals surface area contributed by atoms with E-state index in [4.69, 9.17) is 4.74 Å². The van der Waals surface area contributed by atoms with Gasteiger partial charge in [0, 0.05) is 16.1 Å². The predicted molar refractivity (Wildman–Crippen MR) is 83.6 cm³/mol. The van der Waals surface area contributed by atoms with Crippen LogP contribution < -0.4 is 0 Å². The Hall–Kier alpha value is -0.440. The molecule has 110 valence electrons. The fourth-order valence-corrected chi connectivity index (χ4v) is 3.05. The highest BCUT2D eigenvalue weighted by Gasteiger charge is 2.32. The fourth-order valence-electron chi connectivity index (χ4n) is 2.15. The third-order valence-electron chi connectivity index (χ3n) is 3.55. The van der Waals surface area contributed by atoms with Crippen LogP contribution in [0.15, 0.2) is 12.2 Å². The van der Waals surface area contributed by atoms with Crippen molar-refractivity contribution >= 4 is 17.7 Å². The number of hydrogen-bond donors (Lipinski definition) is 0. The molecule has 0 aliphatic carbocycles. The molecule has 0 N–H and O–H groups in total. The van der Waals surface area contributed by atoms with Gasteiger partial charge < -0.3 is 4.74 Å². The summed E-state index contributed by atoms with van der Waals surface area (Å²) in [6, 6.07) is 0. The second-order valence-corrected chi connectivity index (χ2v) is 7.18. The molecule has 3 heteroatoms. The van der Waals surface area contributed by atoms with Gasteiger partial charge in [-0.2, -0.15) is 11.8 Å². The Balaban J connectivity index is 1.74. The SMILES string of the molecule is C=C(C)C(=O)OCCCCCCCCCC1SC1C. The maximum Gasteiger partial charge on any atom is 0.333 e.